The Morgan fingerprint density at radius 1 is 1.09 bits per heavy atom. The first kappa shape index (κ1) is 23.3. The number of aromatic nitrogens is 1. The third-order valence-corrected chi connectivity index (χ3v) is 7.34. The predicted molar refractivity (Wildman–Crippen MR) is 124 cm³/mol. The van der Waals surface area contributed by atoms with Crippen molar-refractivity contribution in [3.63, 3.8) is 0 Å². The molecule has 33 heavy (non-hydrogen) atoms. The number of piperidine rings is 1. The number of amides is 2. The van der Waals surface area contributed by atoms with E-state index in [2.05, 4.69) is 0 Å². The molecule has 8 nitrogen and oxygen atoms in total. The summed E-state index contributed by atoms with van der Waals surface area (Å²) < 4.78 is 7.81. The lowest BCUT2D eigenvalue weighted by Gasteiger charge is -2.52. The molecule has 0 unspecified atom stereocenters. The van der Waals surface area contributed by atoms with Gasteiger partial charge >= 0.3 is 0 Å². The maximum atomic E-state index is 13.4. The van der Waals surface area contributed by atoms with Crippen LogP contribution < -0.4 is 0 Å². The number of morpholine rings is 1. The van der Waals surface area contributed by atoms with Gasteiger partial charge < -0.3 is 24.2 Å². The minimum absolute atomic E-state index is 0.0515. The number of hydrogen-bond acceptors (Lipinski definition) is 4. The molecule has 2 amide bonds. The molecule has 0 spiro atoms. The van der Waals surface area contributed by atoms with Gasteiger partial charge in [-0.2, -0.15) is 0 Å². The topological polar surface area (TPSA) is 92.1 Å². The Balaban J connectivity index is 0.000000821. The van der Waals surface area contributed by atoms with E-state index in [0.29, 0.717) is 31.5 Å². The lowest BCUT2D eigenvalue weighted by molar-refractivity contribution is -0.158. The molecule has 1 N–H and O–H groups in total. The van der Waals surface area contributed by atoms with E-state index in [1.165, 1.54) is 0 Å². The summed E-state index contributed by atoms with van der Waals surface area (Å²) in [6, 6.07) is 8.05. The third-order valence-electron chi connectivity index (χ3n) is 7.34. The Morgan fingerprint density at radius 2 is 1.76 bits per heavy atom. The highest BCUT2D eigenvalue weighted by atomic mass is 16.5. The van der Waals surface area contributed by atoms with Crippen LogP contribution in [0.15, 0.2) is 30.5 Å². The van der Waals surface area contributed by atoms with Gasteiger partial charge in [0.05, 0.1) is 17.8 Å². The number of nitrogens with zero attached hydrogens (tertiary/aromatic N) is 3. The molecule has 1 aromatic carbocycles. The number of benzene rings is 1. The second-order valence-corrected chi connectivity index (χ2v) is 9.58. The van der Waals surface area contributed by atoms with Crippen LogP contribution in [0.5, 0.6) is 0 Å². The number of fused-ring (bicyclic) bond motifs is 2. The molecular weight excluding hydrogens is 422 g/mol. The molecule has 0 bridgehead atoms. The van der Waals surface area contributed by atoms with Crippen molar-refractivity contribution in [2.45, 2.75) is 38.9 Å². The van der Waals surface area contributed by atoms with Gasteiger partial charge in [0.2, 0.25) is 5.91 Å². The molecule has 2 aromatic rings. The predicted octanol–water partition coefficient (Wildman–Crippen LogP) is 2.61. The van der Waals surface area contributed by atoms with Crippen molar-refractivity contribution in [2.24, 2.45) is 24.8 Å². The quantitative estimate of drug-likeness (QED) is 0.703. The van der Waals surface area contributed by atoms with Crippen LogP contribution in [0, 0.1) is 17.8 Å². The van der Waals surface area contributed by atoms with E-state index in [0.717, 1.165) is 35.9 Å². The van der Waals surface area contributed by atoms with Crippen LogP contribution in [0.3, 0.4) is 0 Å². The molecule has 3 fully saturated rings. The van der Waals surface area contributed by atoms with Crippen LogP contribution in [0.1, 0.15) is 37.0 Å². The summed E-state index contributed by atoms with van der Waals surface area (Å²) >= 11 is 0. The first-order chi connectivity index (χ1) is 15.8. The summed E-state index contributed by atoms with van der Waals surface area (Å²) in [4.78, 5) is 38.9. The Kier molecular flexibility index (Phi) is 6.74. The van der Waals surface area contributed by atoms with Gasteiger partial charge in [0.1, 0.15) is 0 Å². The van der Waals surface area contributed by atoms with Gasteiger partial charge in [-0.05, 0) is 44.6 Å². The Labute approximate surface area is 194 Å². The van der Waals surface area contributed by atoms with Gasteiger partial charge in [0.15, 0.2) is 0 Å². The van der Waals surface area contributed by atoms with Crippen molar-refractivity contribution in [1.29, 1.82) is 0 Å². The summed E-state index contributed by atoms with van der Waals surface area (Å²) in [5, 5.41) is 7.89. The minimum atomic E-state index is -0.250. The van der Waals surface area contributed by atoms with Crippen LogP contribution in [0.4, 0.5) is 0 Å². The van der Waals surface area contributed by atoms with Crippen molar-refractivity contribution in [3.8, 4) is 0 Å². The van der Waals surface area contributed by atoms with Gasteiger partial charge in [-0.25, -0.2) is 0 Å². The van der Waals surface area contributed by atoms with Crippen LogP contribution in [-0.2, 0) is 21.4 Å². The third kappa shape index (κ3) is 4.49. The fourth-order valence-corrected chi connectivity index (χ4v) is 5.83. The van der Waals surface area contributed by atoms with E-state index in [-0.39, 0.29) is 36.4 Å². The molecule has 3 heterocycles. The Morgan fingerprint density at radius 3 is 2.45 bits per heavy atom. The zero-order valence-corrected chi connectivity index (χ0v) is 19.5. The number of likely N-dealkylation sites (tertiary alicyclic amines) is 1. The largest absolute Gasteiger partial charge is 0.483 e. The molecular formula is C25H33N3O5. The standard InChI is InChI=1S/C24H31N3O3.CH2O2/c1-15-11-27(12-16(2)30-15)23(28)19-10-17-8-9-26(14-20(17)19)24(29)21-13-25(3)22-7-5-4-6-18(21)22;2-1-3/h4-7,13,15-17,19-20H,8-12,14H2,1-3H3;1H,(H,2,3)/t15-,16+,17-,19-,20-;/m1./s1. The summed E-state index contributed by atoms with van der Waals surface area (Å²) in [5.41, 5.74) is 1.84. The molecule has 178 valence electrons. The van der Waals surface area contributed by atoms with Crippen molar-refractivity contribution in [3.05, 3.63) is 36.0 Å². The van der Waals surface area contributed by atoms with Crippen molar-refractivity contribution in [2.75, 3.05) is 26.2 Å². The van der Waals surface area contributed by atoms with Crippen molar-refractivity contribution in [1.82, 2.24) is 14.4 Å². The number of carbonyl (C=O) groups is 3. The molecule has 2 saturated heterocycles. The molecule has 1 aromatic heterocycles. The fourth-order valence-electron chi connectivity index (χ4n) is 5.83. The van der Waals surface area contributed by atoms with Crippen LogP contribution in [0.2, 0.25) is 0 Å². The Bertz CT molecular complexity index is 1020. The van der Waals surface area contributed by atoms with Gasteiger partial charge in [-0.15, -0.1) is 0 Å². The molecule has 1 saturated carbocycles. The van der Waals surface area contributed by atoms with Crippen LogP contribution in [-0.4, -0.2) is 76.1 Å². The van der Waals surface area contributed by atoms with E-state index in [1.807, 2.05) is 65.7 Å². The van der Waals surface area contributed by atoms with E-state index >= 15 is 0 Å². The number of rotatable bonds is 2. The van der Waals surface area contributed by atoms with Gasteiger partial charge in [-0.1, -0.05) is 18.2 Å². The highest BCUT2D eigenvalue weighted by Crippen LogP contribution is 2.47. The molecule has 0 radical (unpaired) electrons. The average Bonchev–Trinajstić information content (AvgIpc) is 3.11. The fraction of sp³-hybridized carbons (Fsp3) is 0.560. The monoisotopic (exact) mass is 455 g/mol. The normalized spacial score (nSPS) is 28.9. The molecule has 2 aliphatic heterocycles. The number of hydrogen-bond donors (Lipinski definition) is 1. The van der Waals surface area contributed by atoms with E-state index < -0.39 is 0 Å². The lowest BCUT2D eigenvalue weighted by atomic mass is 9.61. The second-order valence-electron chi connectivity index (χ2n) is 9.58. The first-order valence-electron chi connectivity index (χ1n) is 11.7. The number of carbonyl (C=O) groups excluding carboxylic acids is 2. The maximum Gasteiger partial charge on any atom is 0.290 e. The Hall–Kier alpha value is -2.87. The number of carboxylic acid groups (broad SMARTS) is 1. The summed E-state index contributed by atoms with van der Waals surface area (Å²) in [6.07, 6.45) is 4.09. The van der Waals surface area contributed by atoms with Gasteiger partial charge in [0, 0.05) is 56.2 Å². The zero-order valence-electron chi connectivity index (χ0n) is 19.5. The highest BCUT2D eigenvalue weighted by molar-refractivity contribution is 6.07. The number of ether oxygens (including phenoxy) is 1. The molecule has 8 heteroatoms. The smallest absolute Gasteiger partial charge is 0.290 e. The second kappa shape index (κ2) is 9.55. The van der Waals surface area contributed by atoms with Crippen LogP contribution >= 0.6 is 0 Å². The summed E-state index contributed by atoms with van der Waals surface area (Å²) in [5.74, 6) is 1.27. The van der Waals surface area contributed by atoms with Gasteiger partial charge in [0.25, 0.3) is 12.4 Å². The summed E-state index contributed by atoms with van der Waals surface area (Å²) in [7, 11) is 1.98. The SMILES string of the molecule is C[C@@H]1CN(C(=O)[C@@H]2C[C@H]3CCN(C(=O)c4cn(C)c5ccccc45)C[C@H]32)C[C@H](C)O1.O=CO. The number of para-hydroxylation sites is 1. The average molecular weight is 456 g/mol. The molecule has 5 rings (SSSR count). The van der Waals surface area contributed by atoms with E-state index in [9.17, 15) is 9.59 Å². The zero-order chi connectivity index (χ0) is 23.7. The maximum absolute atomic E-state index is 13.4. The number of aryl methyl sites for hydroxylation is 1. The molecule has 5 atom stereocenters. The van der Waals surface area contributed by atoms with E-state index in [1.54, 1.807) is 0 Å². The first-order valence-corrected chi connectivity index (χ1v) is 11.7. The van der Waals surface area contributed by atoms with Crippen molar-refractivity contribution >= 4 is 29.2 Å². The summed E-state index contributed by atoms with van der Waals surface area (Å²) in [6.45, 7) is 6.65. The van der Waals surface area contributed by atoms with E-state index in [4.69, 9.17) is 14.6 Å². The van der Waals surface area contributed by atoms with Crippen LogP contribution in [0.25, 0.3) is 10.9 Å². The molecule has 3 aliphatic rings. The van der Waals surface area contributed by atoms with Gasteiger partial charge in [-0.3, -0.25) is 14.4 Å². The highest BCUT2D eigenvalue weighted by Gasteiger charge is 2.50. The molecule has 1 aliphatic carbocycles. The minimum Gasteiger partial charge on any atom is -0.483 e. The lowest BCUT2D eigenvalue weighted by Crippen LogP contribution is -2.58. The van der Waals surface area contributed by atoms with Crippen molar-refractivity contribution < 1.29 is 24.2 Å².